The topological polar surface area (TPSA) is 104 Å². The van der Waals surface area contributed by atoms with Gasteiger partial charge in [-0.15, -0.1) is 0 Å². The third-order valence-corrected chi connectivity index (χ3v) is 3.36. The van der Waals surface area contributed by atoms with Gasteiger partial charge in [0, 0.05) is 11.6 Å². The van der Waals surface area contributed by atoms with E-state index in [1.165, 1.54) is 12.1 Å². The molecule has 124 valence electrons. The first kappa shape index (κ1) is 17.4. The minimum absolute atomic E-state index is 0.0247. The number of nitrogens with zero attached hydrogens (tertiary/aromatic N) is 1. The summed E-state index contributed by atoms with van der Waals surface area (Å²) < 4.78 is 0. The number of phenols is 1. The minimum atomic E-state index is -0.621. The number of nitro benzene ring substituents is 1. The van der Waals surface area contributed by atoms with E-state index in [1.807, 2.05) is 19.9 Å². The maximum Gasteiger partial charge on any atom is 0.273 e. The average molecular weight is 345 g/mol. The molecule has 0 saturated carbocycles. The van der Waals surface area contributed by atoms with Crippen molar-refractivity contribution in [2.75, 3.05) is 5.32 Å². The number of hydrogen-bond donors (Lipinski definition) is 3. The van der Waals surface area contributed by atoms with Gasteiger partial charge in [-0.05, 0) is 44.3 Å². The second-order valence-electron chi connectivity index (χ2n) is 5.24. The van der Waals surface area contributed by atoms with Gasteiger partial charge in [-0.25, -0.2) is 0 Å². The second-order valence-corrected chi connectivity index (χ2v) is 5.65. The molecule has 1 amide bonds. The van der Waals surface area contributed by atoms with Crippen molar-refractivity contribution in [3.63, 3.8) is 0 Å². The number of hydrogen-bond acceptors (Lipinski definition) is 5. The van der Waals surface area contributed by atoms with Crippen molar-refractivity contribution in [2.24, 2.45) is 0 Å². The van der Waals surface area contributed by atoms with Crippen molar-refractivity contribution >= 4 is 34.6 Å². The van der Waals surface area contributed by atoms with Crippen LogP contribution in [0.5, 0.6) is 5.75 Å². The Balaban J connectivity index is 2.08. The molecule has 0 heterocycles. The molecule has 3 N–H and O–H groups in total. The lowest BCUT2D eigenvalue weighted by Crippen LogP contribution is -2.34. The SMILES string of the molecule is Cc1cc(C)cc(C(=O)NC(=S)Nc2ccc([N+](=O)[O-])cc2O)c1. The highest BCUT2D eigenvalue weighted by atomic mass is 32.1. The zero-order valence-corrected chi connectivity index (χ0v) is 13.8. The zero-order valence-electron chi connectivity index (χ0n) is 13.0. The van der Waals surface area contributed by atoms with Gasteiger partial charge in [0.15, 0.2) is 5.11 Å². The Hall–Kier alpha value is -3.00. The van der Waals surface area contributed by atoms with Gasteiger partial charge in [0.1, 0.15) is 5.75 Å². The van der Waals surface area contributed by atoms with E-state index in [9.17, 15) is 20.0 Å². The summed E-state index contributed by atoms with van der Waals surface area (Å²) in [5, 5.41) is 25.5. The van der Waals surface area contributed by atoms with Crippen molar-refractivity contribution in [2.45, 2.75) is 13.8 Å². The molecule has 8 heteroatoms. The van der Waals surface area contributed by atoms with Gasteiger partial charge in [-0.1, -0.05) is 17.2 Å². The number of rotatable bonds is 3. The van der Waals surface area contributed by atoms with Crippen LogP contribution in [-0.4, -0.2) is 21.0 Å². The van der Waals surface area contributed by atoms with Crippen LogP contribution < -0.4 is 10.6 Å². The summed E-state index contributed by atoms with van der Waals surface area (Å²) in [5.41, 5.74) is 2.28. The van der Waals surface area contributed by atoms with Gasteiger partial charge < -0.3 is 10.4 Å². The Morgan fingerprint density at radius 2 is 1.79 bits per heavy atom. The van der Waals surface area contributed by atoms with Crippen LogP contribution in [0, 0.1) is 24.0 Å². The van der Waals surface area contributed by atoms with Crippen molar-refractivity contribution in [1.82, 2.24) is 5.32 Å². The molecule has 0 unspecified atom stereocenters. The number of anilines is 1. The molecular formula is C16H15N3O4S. The van der Waals surface area contributed by atoms with Crippen molar-refractivity contribution < 1.29 is 14.8 Å². The first-order valence-corrected chi connectivity index (χ1v) is 7.35. The van der Waals surface area contributed by atoms with E-state index < -0.39 is 4.92 Å². The van der Waals surface area contributed by atoms with Crippen LogP contribution in [0.4, 0.5) is 11.4 Å². The smallest absolute Gasteiger partial charge is 0.273 e. The van der Waals surface area contributed by atoms with Crippen LogP contribution in [-0.2, 0) is 0 Å². The summed E-state index contributed by atoms with van der Waals surface area (Å²) in [5.74, 6) is -0.729. The molecule has 0 atom stereocenters. The highest BCUT2D eigenvalue weighted by Gasteiger charge is 2.13. The lowest BCUT2D eigenvalue weighted by Gasteiger charge is -2.11. The normalized spacial score (nSPS) is 10.1. The number of thiocarbonyl (C=S) groups is 1. The lowest BCUT2D eigenvalue weighted by atomic mass is 10.1. The van der Waals surface area contributed by atoms with E-state index in [2.05, 4.69) is 10.6 Å². The number of carbonyl (C=O) groups excluding carboxylic acids is 1. The molecular weight excluding hydrogens is 330 g/mol. The molecule has 0 radical (unpaired) electrons. The molecule has 0 aliphatic heterocycles. The molecule has 0 fully saturated rings. The Labute approximate surface area is 143 Å². The van der Waals surface area contributed by atoms with Gasteiger partial charge in [0.25, 0.3) is 11.6 Å². The molecule has 24 heavy (non-hydrogen) atoms. The van der Waals surface area contributed by atoms with E-state index in [-0.39, 0.29) is 28.1 Å². The molecule has 0 bridgehead atoms. The first-order chi connectivity index (χ1) is 11.3. The number of non-ortho nitro benzene ring substituents is 1. The van der Waals surface area contributed by atoms with Crippen LogP contribution in [0.2, 0.25) is 0 Å². The predicted molar refractivity (Wildman–Crippen MR) is 94.4 cm³/mol. The maximum absolute atomic E-state index is 12.2. The fourth-order valence-electron chi connectivity index (χ4n) is 2.17. The molecule has 0 saturated heterocycles. The number of phenolic OH excluding ortho intramolecular Hbond substituents is 1. The van der Waals surface area contributed by atoms with Crippen LogP contribution >= 0.6 is 12.2 Å². The number of aryl methyl sites for hydroxylation is 2. The van der Waals surface area contributed by atoms with E-state index in [0.717, 1.165) is 17.2 Å². The first-order valence-electron chi connectivity index (χ1n) is 6.94. The van der Waals surface area contributed by atoms with E-state index in [0.29, 0.717) is 5.56 Å². The highest BCUT2D eigenvalue weighted by molar-refractivity contribution is 7.80. The summed E-state index contributed by atoms with van der Waals surface area (Å²) in [4.78, 5) is 22.2. The molecule has 7 nitrogen and oxygen atoms in total. The number of aromatic hydroxyl groups is 1. The predicted octanol–water partition coefficient (Wildman–Crippen LogP) is 3.04. The molecule has 2 rings (SSSR count). The number of benzene rings is 2. The average Bonchev–Trinajstić information content (AvgIpc) is 2.48. The number of nitrogens with one attached hydrogen (secondary N) is 2. The van der Waals surface area contributed by atoms with Gasteiger partial charge in [0.05, 0.1) is 16.7 Å². The Kier molecular flexibility index (Phi) is 5.10. The molecule has 0 aliphatic rings. The third-order valence-electron chi connectivity index (χ3n) is 3.15. The van der Waals surface area contributed by atoms with Crippen molar-refractivity contribution in [3.05, 3.63) is 63.2 Å². The Morgan fingerprint density at radius 1 is 1.17 bits per heavy atom. The molecule has 2 aromatic rings. The van der Waals surface area contributed by atoms with Crippen molar-refractivity contribution in [1.29, 1.82) is 0 Å². The van der Waals surface area contributed by atoms with Crippen LogP contribution in [0.15, 0.2) is 36.4 Å². The standard InChI is InChI=1S/C16H15N3O4S/c1-9-5-10(2)7-11(6-9)15(21)18-16(24)17-13-4-3-12(19(22)23)8-14(13)20/h3-8,20H,1-2H3,(H2,17,18,21,24). The third kappa shape index (κ3) is 4.26. The lowest BCUT2D eigenvalue weighted by molar-refractivity contribution is -0.384. The second kappa shape index (κ2) is 7.05. The summed E-state index contributed by atoms with van der Waals surface area (Å²) in [6.45, 7) is 3.77. The van der Waals surface area contributed by atoms with E-state index >= 15 is 0 Å². The maximum atomic E-state index is 12.2. The van der Waals surface area contributed by atoms with E-state index in [1.54, 1.807) is 12.1 Å². The molecule has 0 spiro atoms. The Morgan fingerprint density at radius 3 is 2.33 bits per heavy atom. The molecule has 0 aromatic heterocycles. The van der Waals surface area contributed by atoms with E-state index in [4.69, 9.17) is 12.2 Å². The van der Waals surface area contributed by atoms with Crippen LogP contribution in [0.3, 0.4) is 0 Å². The monoisotopic (exact) mass is 345 g/mol. The largest absolute Gasteiger partial charge is 0.506 e. The summed E-state index contributed by atoms with van der Waals surface area (Å²) >= 11 is 5.03. The van der Waals surface area contributed by atoms with Gasteiger partial charge >= 0.3 is 0 Å². The summed E-state index contributed by atoms with van der Waals surface area (Å²) in [7, 11) is 0. The fraction of sp³-hybridized carbons (Fsp3) is 0.125. The number of amides is 1. The Bertz CT molecular complexity index is 816. The fourth-order valence-corrected chi connectivity index (χ4v) is 2.38. The van der Waals surface area contributed by atoms with Crippen LogP contribution in [0.25, 0.3) is 0 Å². The summed E-state index contributed by atoms with van der Waals surface area (Å²) in [6.07, 6.45) is 0. The molecule has 0 aliphatic carbocycles. The zero-order chi connectivity index (χ0) is 17.9. The molecule has 2 aromatic carbocycles. The van der Waals surface area contributed by atoms with Crippen LogP contribution in [0.1, 0.15) is 21.5 Å². The minimum Gasteiger partial charge on any atom is -0.506 e. The quantitative estimate of drug-likeness (QED) is 0.342. The van der Waals surface area contributed by atoms with Gasteiger partial charge in [-0.3, -0.25) is 20.2 Å². The number of carbonyl (C=O) groups is 1. The summed E-state index contributed by atoms with van der Waals surface area (Å²) in [6, 6.07) is 8.93. The van der Waals surface area contributed by atoms with Gasteiger partial charge in [-0.2, -0.15) is 0 Å². The van der Waals surface area contributed by atoms with Gasteiger partial charge in [0.2, 0.25) is 0 Å². The highest BCUT2D eigenvalue weighted by Crippen LogP contribution is 2.27. The number of nitro groups is 1. The van der Waals surface area contributed by atoms with Crippen molar-refractivity contribution in [3.8, 4) is 5.75 Å².